The molecule has 0 aliphatic heterocycles. The van der Waals surface area contributed by atoms with E-state index in [9.17, 15) is 13.2 Å². The van der Waals surface area contributed by atoms with Gasteiger partial charge < -0.3 is 10.6 Å². The van der Waals surface area contributed by atoms with Crippen LogP contribution < -0.4 is 10.6 Å². The van der Waals surface area contributed by atoms with Crippen LogP contribution in [0, 0.1) is 0 Å². The van der Waals surface area contributed by atoms with Crippen molar-refractivity contribution in [1.82, 2.24) is 10.3 Å². The Hall–Kier alpha value is -2.41. The molecule has 24 heavy (non-hydrogen) atoms. The Morgan fingerprint density at radius 2 is 2.00 bits per heavy atom. The first-order valence-electron chi connectivity index (χ1n) is 7.68. The third-order valence-corrected chi connectivity index (χ3v) is 4.48. The average Bonchev–Trinajstić information content (AvgIpc) is 2.57. The average molecular weight is 347 g/mol. The molecule has 1 aromatic carbocycles. The number of pyridine rings is 1. The summed E-state index contributed by atoms with van der Waals surface area (Å²) in [7, 11) is -3.36. The number of sulfone groups is 1. The van der Waals surface area contributed by atoms with Gasteiger partial charge in [0.15, 0.2) is 9.84 Å². The minimum atomic E-state index is -3.36. The second-order valence-electron chi connectivity index (χ2n) is 5.43. The minimum absolute atomic E-state index is 0.117. The fourth-order valence-electron chi connectivity index (χ4n) is 2.17. The molecule has 6 nitrogen and oxygen atoms in total. The van der Waals surface area contributed by atoms with Crippen molar-refractivity contribution in [2.75, 3.05) is 18.1 Å². The number of aromatic nitrogens is 1. The lowest BCUT2D eigenvalue weighted by atomic mass is 10.1. The van der Waals surface area contributed by atoms with E-state index in [1.165, 1.54) is 12.3 Å². The summed E-state index contributed by atoms with van der Waals surface area (Å²) in [5, 5.41) is 5.85. The van der Waals surface area contributed by atoms with Crippen LogP contribution in [0.25, 0.3) is 0 Å². The molecule has 2 rings (SSSR count). The summed E-state index contributed by atoms with van der Waals surface area (Å²) >= 11 is 0. The summed E-state index contributed by atoms with van der Waals surface area (Å²) in [5.74, 6) is 0.189. The fraction of sp³-hybridized carbons (Fsp3) is 0.294. The predicted molar refractivity (Wildman–Crippen MR) is 93.7 cm³/mol. The molecular formula is C17H21N3O3S. The Balaban J connectivity index is 2.12. The van der Waals surface area contributed by atoms with Crippen LogP contribution in [0.5, 0.6) is 0 Å². The molecule has 2 aromatic rings. The fourth-order valence-corrected chi connectivity index (χ4v) is 2.97. The number of benzene rings is 1. The highest BCUT2D eigenvalue weighted by atomic mass is 32.2. The number of hydrogen-bond acceptors (Lipinski definition) is 5. The number of rotatable bonds is 7. The van der Waals surface area contributed by atoms with Crippen LogP contribution in [0.15, 0.2) is 47.5 Å². The summed E-state index contributed by atoms with van der Waals surface area (Å²) in [5.41, 5.74) is 1.44. The van der Waals surface area contributed by atoms with E-state index in [0.717, 1.165) is 18.2 Å². The number of nitrogens with one attached hydrogen (secondary N) is 2. The molecule has 0 aliphatic carbocycles. The molecule has 1 heterocycles. The standard InChI is InChI=1S/C17H21N3O3S/c1-3-9-19-17(21)14-7-4-6-13(11-14)12-20-16-15(24(2,22)23)8-5-10-18-16/h4-8,10-11H,3,9,12H2,1-2H3,(H,18,20)(H,19,21). The normalized spacial score (nSPS) is 11.1. The van der Waals surface area contributed by atoms with Gasteiger partial charge in [0.2, 0.25) is 0 Å². The molecule has 0 atom stereocenters. The topological polar surface area (TPSA) is 88.2 Å². The molecule has 2 N–H and O–H groups in total. The molecule has 0 fully saturated rings. The van der Waals surface area contributed by atoms with Gasteiger partial charge in [-0.05, 0) is 36.2 Å². The third kappa shape index (κ3) is 4.79. The van der Waals surface area contributed by atoms with Crippen LogP contribution >= 0.6 is 0 Å². The lowest BCUT2D eigenvalue weighted by Crippen LogP contribution is -2.24. The van der Waals surface area contributed by atoms with E-state index in [1.54, 1.807) is 24.3 Å². The van der Waals surface area contributed by atoms with Crippen molar-refractivity contribution in [2.24, 2.45) is 0 Å². The van der Waals surface area contributed by atoms with E-state index < -0.39 is 9.84 Å². The molecule has 0 unspecified atom stereocenters. The molecule has 0 aliphatic rings. The van der Waals surface area contributed by atoms with E-state index in [0.29, 0.717) is 24.5 Å². The number of carbonyl (C=O) groups is 1. The highest BCUT2D eigenvalue weighted by Crippen LogP contribution is 2.18. The second-order valence-corrected chi connectivity index (χ2v) is 7.42. The molecule has 0 radical (unpaired) electrons. The van der Waals surface area contributed by atoms with Crippen LogP contribution in [-0.2, 0) is 16.4 Å². The zero-order chi connectivity index (χ0) is 17.6. The van der Waals surface area contributed by atoms with Gasteiger partial charge in [0, 0.05) is 31.1 Å². The van der Waals surface area contributed by atoms with Crippen molar-refractivity contribution >= 4 is 21.6 Å². The van der Waals surface area contributed by atoms with Gasteiger partial charge in [-0.3, -0.25) is 4.79 Å². The van der Waals surface area contributed by atoms with E-state index in [2.05, 4.69) is 15.6 Å². The van der Waals surface area contributed by atoms with Gasteiger partial charge in [-0.2, -0.15) is 0 Å². The summed E-state index contributed by atoms with van der Waals surface area (Å²) in [6.07, 6.45) is 3.56. The molecule has 7 heteroatoms. The van der Waals surface area contributed by atoms with Crippen LogP contribution in [0.2, 0.25) is 0 Å². The Labute approximate surface area is 142 Å². The Bertz CT molecular complexity index is 819. The number of amides is 1. The van der Waals surface area contributed by atoms with Gasteiger partial charge >= 0.3 is 0 Å². The number of anilines is 1. The molecule has 1 amide bonds. The lowest BCUT2D eigenvalue weighted by molar-refractivity contribution is 0.0953. The van der Waals surface area contributed by atoms with Crippen molar-refractivity contribution in [3.63, 3.8) is 0 Å². The highest BCUT2D eigenvalue weighted by Gasteiger charge is 2.13. The van der Waals surface area contributed by atoms with E-state index in [-0.39, 0.29) is 10.8 Å². The van der Waals surface area contributed by atoms with Gasteiger partial charge in [-0.1, -0.05) is 19.1 Å². The van der Waals surface area contributed by atoms with Crippen LogP contribution in [0.3, 0.4) is 0 Å². The van der Waals surface area contributed by atoms with Crippen molar-refractivity contribution in [1.29, 1.82) is 0 Å². The lowest BCUT2D eigenvalue weighted by Gasteiger charge is -2.10. The first-order chi connectivity index (χ1) is 11.4. The van der Waals surface area contributed by atoms with E-state index in [1.807, 2.05) is 13.0 Å². The number of hydrogen-bond donors (Lipinski definition) is 2. The molecule has 0 bridgehead atoms. The minimum Gasteiger partial charge on any atom is -0.365 e. The van der Waals surface area contributed by atoms with Gasteiger partial charge in [0.05, 0.1) is 0 Å². The zero-order valence-corrected chi connectivity index (χ0v) is 14.6. The SMILES string of the molecule is CCCNC(=O)c1cccc(CNc2ncccc2S(C)(=O)=O)c1. The van der Waals surface area contributed by atoms with Gasteiger partial charge in [-0.25, -0.2) is 13.4 Å². The number of nitrogens with zero attached hydrogens (tertiary/aromatic N) is 1. The van der Waals surface area contributed by atoms with Crippen molar-refractivity contribution in [3.8, 4) is 0 Å². The van der Waals surface area contributed by atoms with Gasteiger partial charge in [0.25, 0.3) is 5.91 Å². The summed E-state index contributed by atoms with van der Waals surface area (Å²) in [6.45, 7) is 2.99. The van der Waals surface area contributed by atoms with Crippen molar-refractivity contribution in [3.05, 3.63) is 53.7 Å². The van der Waals surface area contributed by atoms with Gasteiger partial charge in [-0.15, -0.1) is 0 Å². The quantitative estimate of drug-likeness (QED) is 0.802. The van der Waals surface area contributed by atoms with Crippen LogP contribution in [0.1, 0.15) is 29.3 Å². The first kappa shape index (κ1) is 17.9. The summed E-state index contributed by atoms with van der Waals surface area (Å²) < 4.78 is 23.6. The molecule has 128 valence electrons. The smallest absolute Gasteiger partial charge is 0.251 e. The molecule has 0 spiro atoms. The molecular weight excluding hydrogens is 326 g/mol. The van der Waals surface area contributed by atoms with Crippen molar-refractivity contribution < 1.29 is 13.2 Å². The summed E-state index contributed by atoms with van der Waals surface area (Å²) in [6, 6.07) is 10.3. The zero-order valence-electron chi connectivity index (χ0n) is 13.7. The Morgan fingerprint density at radius 1 is 1.21 bits per heavy atom. The maximum absolute atomic E-state index is 12.0. The van der Waals surface area contributed by atoms with E-state index >= 15 is 0 Å². The molecule has 1 aromatic heterocycles. The second kappa shape index (κ2) is 7.92. The first-order valence-corrected chi connectivity index (χ1v) is 9.57. The highest BCUT2D eigenvalue weighted by molar-refractivity contribution is 7.90. The summed E-state index contributed by atoms with van der Waals surface area (Å²) in [4.78, 5) is 16.2. The van der Waals surface area contributed by atoms with Crippen LogP contribution in [-0.4, -0.2) is 32.1 Å². The van der Waals surface area contributed by atoms with E-state index in [4.69, 9.17) is 0 Å². The number of carbonyl (C=O) groups excluding carboxylic acids is 1. The van der Waals surface area contributed by atoms with Crippen LogP contribution in [0.4, 0.5) is 5.82 Å². The predicted octanol–water partition coefficient (Wildman–Crippen LogP) is 2.24. The molecule has 0 saturated heterocycles. The molecule has 0 saturated carbocycles. The maximum atomic E-state index is 12.0. The largest absolute Gasteiger partial charge is 0.365 e. The van der Waals surface area contributed by atoms with Crippen molar-refractivity contribution in [2.45, 2.75) is 24.8 Å². The maximum Gasteiger partial charge on any atom is 0.251 e. The monoisotopic (exact) mass is 347 g/mol. The Morgan fingerprint density at radius 3 is 2.71 bits per heavy atom. The Kier molecular flexibility index (Phi) is 5.92. The van der Waals surface area contributed by atoms with Gasteiger partial charge in [0.1, 0.15) is 10.7 Å². The third-order valence-electron chi connectivity index (χ3n) is 3.35.